The average molecular weight is 323 g/mol. The molecule has 0 amide bonds. The summed E-state index contributed by atoms with van der Waals surface area (Å²) < 4.78 is 14.7. The summed E-state index contributed by atoms with van der Waals surface area (Å²) in [6.45, 7) is 2.77. The maximum Gasteiger partial charge on any atom is 0.174 e. The van der Waals surface area contributed by atoms with Crippen molar-refractivity contribution in [1.82, 2.24) is 14.8 Å². The lowest BCUT2D eigenvalue weighted by molar-refractivity contribution is 0.475. The van der Waals surface area contributed by atoms with E-state index in [-0.39, 0.29) is 11.6 Å². The second kappa shape index (κ2) is 7.08. The van der Waals surface area contributed by atoms with Crippen LogP contribution in [0.5, 0.6) is 5.75 Å². The number of aromatic nitrogens is 3. The van der Waals surface area contributed by atoms with Crippen molar-refractivity contribution in [3.63, 3.8) is 0 Å². The van der Waals surface area contributed by atoms with Crippen LogP contribution in [0.2, 0.25) is 0 Å². The number of nitrogens with zero attached hydrogens (tertiary/aromatic N) is 3. The molecular formula is C19H18FN3O. The van der Waals surface area contributed by atoms with Gasteiger partial charge in [0.05, 0.1) is 5.56 Å². The summed E-state index contributed by atoms with van der Waals surface area (Å²) in [4.78, 5) is 4.52. The maximum atomic E-state index is 12.9. The van der Waals surface area contributed by atoms with Crippen LogP contribution in [0.15, 0.2) is 48.5 Å². The molecule has 1 heterocycles. The summed E-state index contributed by atoms with van der Waals surface area (Å²) in [6.07, 6.45) is 4.52. The van der Waals surface area contributed by atoms with E-state index in [0.29, 0.717) is 23.8 Å². The van der Waals surface area contributed by atoms with Crippen LogP contribution in [-0.4, -0.2) is 19.9 Å². The van der Waals surface area contributed by atoms with Crippen LogP contribution >= 0.6 is 0 Å². The van der Waals surface area contributed by atoms with Gasteiger partial charge in [0.1, 0.15) is 11.6 Å². The third-order valence-electron chi connectivity index (χ3n) is 3.56. The van der Waals surface area contributed by atoms with Gasteiger partial charge in [-0.3, -0.25) is 0 Å². The first-order valence-electron chi connectivity index (χ1n) is 7.84. The fraction of sp³-hybridized carbons (Fsp3) is 0.158. The Morgan fingerprint density at radius 3 is 2.54 bits per heavy atom. The monoisotopic (exact) mass is 323 g/mol. The Bertz CT molecular complexity index is 853. The predicted octanol–water partition coefficient (Wildman–Crippen LogP) is 4.37. The molecule has 4 nitrogen and oxygen atoms in total. The number of aromatic hydroxyl groups is 1. The van der Waals surface area contributed by atoms with Crippen molar-refractivity contribution in [2.45, 2.75) is 19.9 Å². The molecule has 5 heteroatoms. The number of phenolic OH excluding ortho intramolecular Hbond substituents is 1. The van der Waals surface area contributed by atoms with E-state index in [1.54, 1.807) is 35.0 Å². The molecule has 2 aromatic carbocycles. The van der Waals surface area contributed by atoms with E-state index < -0.39 is 0 Å². The molecule has 0 fully saturated rings. The number of para-hydroxylation sites is 1. The standard InChI is InChI=1S/C19H18FN3O/c1-2-13-23-19(16-5-3-4-6-17(16)24)21-18(22-23)12-9-14-7-10-15(20)11-8-14/h3-12,24H,2,13H2,1H3/b12-9+. The van der Waals surface area contributed by atoms with Gasteiger partial charge in [0.25, 0.3) is 0 Å². The SMILES string of the molecule is CCCn1nc(/C=C/c2ccc(F)cc2)nc1-c1ccccc1O. The predicted molar refractivity (Wildman–Crippen MR) is 92.7 cm³/mol. The van der Waals surface area contributed by atoms with Gasteiger partial charge in [-0.05, 0) is 42.3 Å². The Morgan fingerprint density at radius 2 is 1.83 bits per heavy atom. The van der Waals surface area contributed by atoms with Gasteiger partial charge in [0.15, 0.2) is 11.6 Å². The molecule has 0 spiro atoms. The first-order valence-corrected chi connectivity index (χ1v) is 7.84. The van der Waals surface area contributed by atoms with Crippen LogP contribution in [0.1, 0.15) is 24.7 Å². The molecule has 3 aromatic rings. The van der Waals surface area contributed by atoms with Gasteiger partial charge in [-0.2, -0.15) is 5.10 Å². The molecular weight excluding hydrogens is 305 g/mol. The van der Waals surface area contributed by atoms with E-state index in [1.165, 1.54) is 12.1 Å². The Labute approximate surface area is 139 Å². The van der Waals surface area contributed by atoms with Crippen molar-refractivity contribution in [1.29, 1.82) is 0 Å². The van der Waals surface area contributed by atoms with Gasteiger partial charge >= 0.3 is 0 Å². The fourth-order valence-corrected chi connectivity index (χ4v) is 2.40. The summed E-state index contributed by atoms with van der Waals surface area (Å²) in [7, 11) is 0. The highest BCUT2D eigenvalue weighted by Crippen LogP contribution is 2.27. The Kier molecular flexibility index (Phi) is 4.70. The van der Waals surface area contributed by atoms with Crippen LogP contribution in [0.4, 0.5) is 4.39 Å². The van der Waals surface area contributed by atoms with Gasteiger partial charge < -0.3 is 5.11 Å². The highest BCUT2D eigenvalue weighted by Gasteiger charge is 2.13. The molecule has 1 N–H and O–H groups in total. The molecule has 0 saturated heterocycles. The van der Waals surface area contributed by atoms with E-state index in [1.807, 2.05) is 18.2 Å². The second-order valence-corrected chi connectivity index (χ2v) is 5.42. The number of rotatable bonds is 5. The Balaban J connectivity index is 1.94. The van der Waals surface area contributed by atoms with Crippen LogP contribution in [-0.2, 0) is 6.54 Å². The quantitative estimate of drug-likeness (QED) is 0.758. The summed E-state index contributed by atoms with van der Waals surface area (Å²) in [5, 5.41) is 14.5. The molecule has 24 heavy (non-hydrogen) atoms. The summed E-state index contributed by atoms with van der Waals surface area (Å²) in [5.41, 5.74) is 1.52. The highest BCUT2D eigenvalue weighted by molar-refractivity contribution is 5.69. The Morgan fingerprint density at radius 1 is 1.08 bits per heavy atom. The first-order chi connectivity index (χ1) is 11.7. The number of phenols is 1. The van der Waals surface area contributed by atoms with E-state index in [0.717, 1.165) is 12.0 Å². The van der Waals surface area contributed by atoms with Gasteiger partial charge in [-0.1, -0.05) is 37.3 Å². The van der Waals surface area contributed by atoms with Gasteiger partial charge in [-0.15, -0.1) is 0 Å². The van der Waals surface area contributed by atoms with Crippen molar-refractivity contribution in [3.05, 3.63) is 65.7 Å². The zero-order valence-electron chi connectivity index (χ0n) is 13.4. The van der Waals surface area contributed by atoms with Crippen LogP contribution < -0.4 is 0 Å². The summed E-state index contributed by atoms with van der Waals surface area (Å²) >= 11 is 0. The molecule has 122 valence electrons. The third kappa shape index (κ3) is 3.51. The molecule has 3 rings (SSSR count). The van der Waals surface area contributed by atoms with E-state index in [4.69, 9.17) is 0 Å². The zero-order valence-corrected chi connectivity index (χ0v) is 13.4. The van der Waals surface area contributed by atoms with E-state index in [2.05, 4.69) is 17.0 Å². The normalized spacial score (nSPS) is 11.2. The minimum absolute atomic E-state index is 0.177. The largest absolute Gasteiger partial charge is 0.507 e. The lowest BCUT2D eigenvalue weighted by Crippen LogP contribution is -2.01. The lowest BCUT2D eigenvalue weighted by atomic mass is 10.2. The van der Waals surface area contributed by atoms with Gasteiger partial charge in [0, 0.05) is 6.54 Å². The molecule has 0 bridgehead atoms. The van der Waals surface area contributed by atoms with Gasteiger partial charge in [0.2, 0.25) is 0 Å². The number of aryl methyl sites for hydroxylation is 1. The van der Waals surface area contributed by atoms with Crippen molar-refractivity contribution >= 4 is 12.2 Å². The van der Waals surface area contributed by atoms with Gasteiger partial charge in [-0.25, -0.2) is 14.1 Å². The zero-order chi connectivity index (χ0) is 16.9. The van der Waals surface area contributed by atoms with Crippen molar-refractivity contribution in [2.24, 2.45) is 0 Å². The maximum absolute atomic E-state index is 12.9. The topological polar surface area (TPSA) is 50.9 Å². The molecule has 0 saturated carbocycles. The minimum Gasteiger partial charge on any atom is -0.507 e. The smallest absolute Gasteiger partial charge is 0.174 e. The second-order valence-electron chi connectivity index (χ2n) is 5.42. The number of hydrogen-bond donors (Lipinski definition) is 1. The average Bonchev–Trinajstić information content (AvgIpc) is 2.98. The number of halogens is 1. The first kappa shape index (κ1) is 15.9. The number of benzene rings is 2. The van der Waals surface area contributed by atoms with E-state index in [9.17, 15) is 9.50 Å². The van der Waals surface area contributed by atoms with E-state index >= 15 is 0 Å². The summed E-state index contributed by atoms with van der Waals surface area (Å²) in [6, 6.07) is 13.3. The Hall–Kier alpha value is -2.95. The van der Waals surface area contributed by atoms with Crippen LogP contribution in [0, 0.1) is 5.82 Å². The third-order valence-corrected chi connectivity index (χ3v) is 3.56. The molecule has 0 aliphatic carbocycles. The molecule has 0 atom stereocenters. The fourth-order valence-electron chi connectivity index (χ4n) is 2.40. The lowest BCUT2D eigenvalue weighted by Gasteiger charge is -2.05. The molecule has 0 radical (unpaired) electrons. The molecule has 0 aliphatic heterocycles. The highest BCUT2D eigenvalue weighted by atomic mass is 19.1. The molecule has 1 aromatic heterocycles. The molecule has 0 unspecified atom stereocenters. The van der Waals surface area contributed by atoms with Crippen molar-refractivity contribution in [3.8, 4) is 17.1 Å². The minimum atomic E-state index is -0.265. The summed E-state index contributed by atoms with van der Waals surface area (Å²) in [5.74, 6) is 1.09. The number of hydrogen-bond acceptors (Lipinski definition) is 3. The molecule has 0 aliphatic rings. The van der Waals surface area contributed by atoms with Crippen LogP contribution in [0.25, 0.3) is 23.5 Å². The van der Waals surface area contributed by atoms with Crippen molar-refractivity contribution < 1.29 is 9.50 Å². The van der Waals surface area contributed by atoms with Crippen molar-refractivity contribution in [2.75, 3.05) is 0 Å². The van der Waals surface area contributed by atoms with Crippen LogP contribution in [0.3, 0.4) is 0 Å².